The molecule has 0 spiro atoms. The van der Waals surface area contributed by atoms with Crippen molar-refractivity contribution < 1.29 is 0 Å². The van der Waals surface area contributed by atoms with Gasteiger partial charge in [0.2, 0.25) is 0 Å². The number of nitrogens with zero attached hydrogens (tertiary/aromatic N) is 6. The molecule has 72 heavy (non-hydrogen) atoms. The van der Waals surface area contributed by atoms with Crippen molar-refractivity contribution in [2.75, 3.05) is 9.80 Å². The maximum absolute atomic E-state index is 9.61. The number of benzene rings is 10. The highest BCUT2D eigenvalue weighted by Gasteiger charge is 2.23. The van der Waals surface area contributed by atoms with Crippen LogP contribution in [-0.4, -0.2) is 9.97 Å². The standard InChI is InChI=1S/C66H42N6/c67-43-45-21-30-52(31-22-45)71(62-19-9-11-39-69-62)54-34-25-47(26-35-54)51-29-38-57-60(41-51)56-17-7-8-18-58(56)66-61(57)42-59(48-13-3-1-4-14-48)64(49-15-5-2-6-16-49)65(66)50-27-36-55(37-28-50)72(63-20-10-12-40-70-63)53-32-23-46(44-68)24-33-53/h1-42H. The number of fused-ring (bicyclic) bond motifs is 6. The average molecular weight is 919 g/mol. The molecule has 2 aromatic heterocycles. The van der Waals surface area contributed by atoms with Crippen molar-refractivity contribution in [3.63, 3.8) is 0 Å². The largest absolute Gasteiger partial charge is 0.295 e. The van der Waals surface area contributed by atoms with E-state index in [1.807, 2.05) is 84.9 Å². The molecular weight excluding hydrogens is 877 g/mol. The summed E-state index contributed by atoms with van der Waals surface area (Å²) >= 11 is 0. The lowest BCUT2D eigenvalue weighted by molar-refractivity contribution is 1.18. The topological polar surface area (TPSA) is 79.8 Å². The number of nitriles is 2. The average Bonchev–Trinajstić information content (AvgIpc) is 3.46. The van der Waals surface area contributed by atoms with Crippen molar-refractivity contribution in [3.05, 3.63) is 266 Å². The second-order valence-electron chi connectivity index (χ2n) is 17.6. The molecule has 2 heterocycles. The van der Waals surface area contributed by atoms with Gasteiger partial charge in [-0.1, -0.05) is 133 Å². The van der Waals surface area contributed by atoms with Crippen LogP contribution in [0.5, 0.6) is 0 Å². The zero-order chi connectivity index (χ0) is 48.4. The maximum atomic E-state index is 9.61. The summed E-state index contributed by atoms with van der Waals surface area (Å²) < 4.78 is 0. The van der Waals surface area contributed by atoms with Crippen molar-refractivity contribution in [2.24, 2.45) is 0 Å². The van der Waals surface area contributed by atoms with Crippen molar-refractivity contribution >= 4 is 66.7 Å². The third-order valence-electron chi connectivity index (χ3n) is 13.4. The van der Waals surface area contributed by atoms with Crippen LogP contribution in [0.4, 0.5) is 34.4 Å². The Morgan fingerprint density at radius 1 is 0.306 bits per heavy atom. The molecular formula is C66H42N6. The number of aromatic nitrogens is 2. The molecule has 6 nitrogen and oxygen atoms in total. The number of pyridine rings is 2. The fraction of sp³-hybridized carbons (Fsp3) is 0. The van der Waals surface area contributed by atoms with Gasteiger partial charge in [-0.05, 0) is 186 Å². The van der Waals surface area contributed by atoms with Crippen LogP contribution < -0.4 is 9.80 Å². The van der Waals surface area contributed by atoms with Crippen LogP contribution in [0.25, 0.3) is 76.8 Å². The van der Waals surface area contributed by atoms with Crippen molar-refractivity contribution in [3.8, 4) is 56.6 Å². The van der Waals surface area contributed by atoms with Gasteiger partial charge in [0.25, 0.3) is 0 Å². The van der Waals surface area contributed by atoms with Gasteiger partial charge in [0.05, 0.1) is 23.3 Å². The molecule has 0 radical (unpaired) electrons. The molecule has 0 saturated carbocycles. The summed E-state index contributed by atoms with van der Waals surface area (Å²) in [5, 5.41) is 26.2. The highest BCUT2D eigenvalue weighted by atomic mass is 15.2. The van der Waals surface area contributed by atoms with Gasteiger partial charge in [-0.25, -0.2) is 9.97 Å². The Morgan fingerprint density at radius 2 is 0.736 bits per heavy atom. The second-order valence-corrected chi connectivity index (χ2v) is 17.6. The lowest BCUT2D eigenvalue weighted by Gasteiger charge is -2.25. The molecule has 12 rings (SSSR count). The molecule has 0 amide bonds. The molecule has 12 aromatic rings. The molecule has 10 aromatic carbocycles. The first-order chi connectivity index (χ1) is 35.6. The Balaban J connectivity index is 1.06. The SMILES string of the molecule is N#Cc1ccc(N(c2ccc(-c3ccc4c(c3)c3ccccc3c3c(-c5ccc(N(c6ccc(C#N)cc6)c6ccccn6)cc5)c(-c5ccccc5)c(-c5ccccc5)cc43)cc2)c2ccccn2)cc1. The minimum Gasteiger partial charge on any atom is -0.295 e. The molecule has 6 heteroatoms. The van der Waals surface area contributed by atoms with Gasteiger partial charge >= 0.3 is 0 Å². The first-order valence-corrected chi connectivity index (χ1v) is 23.8. The zero-order valence-electron chi connectivity index (χ0n) is 38.9. The Morgan fingerprint density at radius 3 is 1.25 bits per heavy atom. The summed E-state index contributed by atoms with van der Waals surface area (Å²) in [5.41, 5.74) is 14.0. The monoisotopic (exact) mass is 918 g/mol. The lowest BCUT2D eigenvalue weighted by Crippen LogP contribution is -2.11. The first-order valence-electron chi connectivity index (χ1n) is 23.8. The number of anilines is 6. The van der Waals surface area contributed by atoms with E-state index in [0.717, 1.165) is 78.9 Å². The highest BCUT2D eigenvalue weighted by Crippen LogP contribution is 2.50. The zero-order valence-corrected chi connectivity index (χ0v) is 38.9. The third-order valence-corrected chi connectivity index (χ3v) is 13.4. The van der Waals surface area contributed by atoms with E-state index in [-0.39, 0.29) is 0 Å². The van der Waals surface area contributed by atoms with Crippen LogP contribution in [0.1, 0.15) is 11.1 Å². The van der Waals surface area contributed by atoms with Gasteiger partial charge < -0.3 is 0 Å². The molecule has 0 aliphatic carbocycles. The minimum absolute atomic E-state index is 0.601. The number of hydrogen-bond acceptors (Lipinski definition) is 6. The maximum Gasteiger partial charge on any atom is 0.137 e. The van der Waals surface area contributed by atoms with Crippen LogP contribution in [0.2, 0.25) is 0 Å². The van der Waals surface area contributed by atoms with Crippen LogP contribution in [0.3, 0.4) is 0 Å². The Kier molecular flexibility index (Phi) is 11.2. The van der Waals surface area contributed by atoms with Crippen LogP contribution in [-0.2, 0) is 0 Å². The van der Waals surface area contributed by atoms with Gasteiger partial charge in [-0.3, -0.25) is 9.80 Å². The second kappa shape index (κ2) is 18.7. The van der Waals surface area contributed by atoms with E-state index in [9.17, 15) is 10.5 Å². The van der Waals surface area contributed by atoms with Gasteiger partial charge in [0, 0.05) is 35.1 Å². The molecule has 0 aliphatic rings. The molecule has 0 unspecified atom stereocenters. The predicted molar refractivity (Wildman–Crippen MR) is 295 cm³/mol. The molecule has 0 saturated heterocycles. The molecule has 0 atom stereocenters. The lowest BCUT2D eigenvalue weighted by atomic mass is 9.80. The van der Waals surface area contributed by atoms with Crippen molar-refractivity contribution in [2.45, 2.75) is 0 Å². The normalized spacial score (nSPS) is 11.0. The van der Waals surface area contributed by atoms with Gasteiger partial charge in [0.1, 0.15) is 11.6 Å². The smallest absolute Gasteiger partial charge is 0.137 e. The first kappa shape index (κ1) is 43.2. The fourth-order valence-electron chi connectivity index (χ4n) is 10.1. The third kappa shape index (κ3) is 7.92. The summed E-state index contributed by atoms with van der Waals surface area (Å²) in [6.07, 6.45) is 3.60. The summed E-state index contributed by atoms with van der Waals surface area (Å²) in [4.78, 5) is 13.7. The van der Waals surface area contributed by atoms with Crippen molar-refractivity contribution in [1.82, 2.24) is 9.97 Å². The van der Waals surface area contributed by atoms with E-state index < -0.39 is 0 Å². The predicted octanol–water partition coefficient (Wildman–Crippen LogP) is 17.3. The quantitative estimate of drug-likeness (QED) is 0.127. The minimum atomic E-state index is 0.601. The van der Waals surface area contributed by atoms with E-state index in [2.05, 4.69) is 180 Å². The molecule has 0 N–H and O–H groups in total. The Hall–Kier alpha value is -10.1. The molecule has 0 aliphatic heterocycles. The Bertz CT molecular complexity index is 4000. The van der Waals surface area contributed by atoms with E-state index in [1.54, 1.807) is 12.4 Å². The van der Waals surface area contributed by atoms with E-state index >= 15 is 0 Å². The van der Waals surface area contributed by atoms with Crippen LogP contribution in [0.15, 0.2) is 255 Å². The fourth-order valence-corrected chi connectivity index (χ4v) is 10.1. The Labute approximate surface area is 417 Å². The van der Waals surface area contributed by atoms with E-state index in [0.29, 0.717) is 11.1 Å². The van der Waals surface area contributed by atoms with E-state index in [1.165, 1.54) is 32.3 Å². The molecule has 0 fully saturated rings. The highest BCUT2D eigenvalue weighted by molar-refractivity contribution is 6.31. The molecule has 0 bridgehead atoms. The van der Waals surface area contributed by atoms with Crippen molar-refractivity contribution in [1.29, 1.82) is 10.5 Å². The van der Waals surface area contributed by atoms with E-state index in [4.69, 9.17) is 9.97 Å². The summed E-state index contributed by atoms with van der Waals surface area (Å²) in [5.74, 6) is 1.56. The van der Waals surface area contributed by atoms with Crippen LogP contribution in [0, 0.1) is 22.7 Å². The van der Waals surface area contributed by atoms with Gasteiger partial charge in [-0.15, -0.1) is 0 Å². The summed E-state index contributed by atoms with van der Waals surface area (Å²) in [7, 11) is 0. The van der Waals surface area contributed by atoms with Crippen LogP contribution >= 0.6 is 0 Å². The van der Waals surface area contributed by atoms with Gasteiger partial charge in [-0.2, -0.15) is 10.5 Å². The van der Waals surface area contributed by atoms with Gasteiger partial charge in [0.15, 0.2) is 0 Å². The number of rotatable bonds is 10. The summed E-state index contributed by atoms with van der Waals surface area (Å²) in [6, 6.07) is 88.7. The summed E-state index contributed by atoms with van der Waals surface area (Å²) in [6.45, 7) is 0. The number of hydrogen-bond donors (Lipinski definition) is 0. The molecule has 336 valence electrons.